The predicted molar refractivity (Wildman–Crippen MR) is 79.3 cm³/mol. The lowest BCUT2D eigenvalue weighted by Crippen LogP contribution is -2.17. The maximum atomic E-state index is 13.3. The Morgan fingerprint density at radius 2 is 2.15 bits per heavy atom. The van der Waals surface area contributed by atoms with E-state index >= 15 is 0 Å². The zero-order chi connectivity index (χ0) is 14.4. The quantitative estimate of drug-likeness (QED) is 0.787. The van der Waals surface area contributed by atoms with Gasteiger partial charge in [-0.15, -0.1) is 0 Å². The molecule has 2 rings (SSSR count). The number of aryl methyl sites for hydroxylation is 1. The van der Waals surface area contributed by atoms with Crippen LogP contribution in [-0.4, -0.2) is 22.6 Å². The molecular weight excluding hydrogens is 253 g/mol. The summed E-state index contributed by atoms with van der Waals surface area (Å²) < 4.78 is 15.3. The highest BCUT2D eigenvalue weighted by Gasteiger charge is 2.03. The number of aromatic nitrogens is 2. The highest BCUT2D eigenvalue weighted by Crippen LogP contribution is 2.12. The van der Waals surface area contributed by atoms with Gasteiger partial charge in [-0.2, -0.15) is 0 Å². The van der Waals surface area contributed by atoms with E-state index in [0.29, 0.717) is 6.54 Å². The summed E-state index contributed by atoms with van der Waals surface area (Å²) in [7, 11) is 0. The first kappa shape index (κ1) is 14.7. The number of nitrogens with zero attached hydrogens (tertiary/aromatic N) is 2. The van der Waals surface area contributed by atoms with Crippen LogP contribution in [0.25, 0.3) is 0 Å². The molecule has 2 aromatic rings. The third-order valence-corrected chi connectivity index (χ3v) is 3.34. The molecule has 3 nitrogen and oxygen atoms in total. The smallest absolute Gasteiger partial charge is 0.123 e. The molecule has 1 N–H and O–H groups in total. The molecule has 0 unspecified atom stereocenters. The summed E-state index contributed by atoms with van der Waals surface area (Å²) in [6.07, 6.45) is 5.93. The van der Waals surface area contributed by atoms with Crippen LogP contribution in [0.1, 0.15) is 30.2 Å². The fraction of sp³-hybridized carbons (Fsp3) is 0.438. The van der Waals surface area contributed by atoms with Gasteiger partial charge in [0, 0.05) is 25.7 Å². The molecule has 0 atom stereocenters. The lowest BCUT2D eigenvalue weighted by molar-refractivity contribution is 0.622. The van der Waals surface area contributed by atoms with E-state index in [2.05, 4.69) is 17.2 Å². The van der Waals surface area contributed by atoms with Crippen molar-refractivity contribution in [1.82, 2.24) is 14.9 Å². The number of imidazole rings is 1. The average Bonchev–Trinajstić information content (AvgIpc) is 2.87. The van der Waals surface area contributed by atoms with Gasteiger partial charge < -0.3 is 9.88 Å². The second kappa shape index (κ2) is 7.20. The van der Waals surface area contributed by atoms with Crippen molar-refractivity contribution in [3.63, 3.8) is 0 Å². The maximum absolute atomic E-state index is 13.3. The van der Waals surface area contributed by atoms with Crippen LogP contribution >= 0.6 is 0 Å². The summed E-state index contributed by atoms with van der Waals surface area (Å²) in [4.78, 5) is 4.39. The lowest BCUT2D eigenvalue weighted by atomic mass is 10.1. The molecule has 0 aliphatic rings. The van der Waals surface area contributed by atoms with Gasteiger partial charge in [-0.1, -0.05) is 13.0 Å². The Labute approximate surface area is 119 Å². The van der Waals surface area contributed by atoms with Gasteiger partial charge in [-0.05, 0) is 43.1 Å². The molecule has 1 heterocycles. The van der Waals surface area contributed by atoms with Crippen molar-refractivity contribution in [3.05, 3.63) is 53.4 Å². The number of benzene rings is 1. The number of nitrogens with one attached hydrogen (secondary N) is 1. The summed E-state index contributed by atoms with van der Waals surface area (Å²) >= 11 is 0. The van der Waals surface area contributed by atoms with Gasteiger partial charge in [-0.3, -0.25) is 0 Å². The zero-order valence-electron chi connectivity index (χ0n) is 12.2. The first-order chi connectivity index (χ1) is 9.69. The van der Waals surface area contributed by atoms with Gasteiger partial charge in [0.25, 0.3) is 0 Å². The standard InChI is InChI=1S/C16H22FN3/c1-3-7-18-8-6-16-11-20(12-19-16)10-14-9-15(17)5-4-13(14)2/h4-5,9,11-12,18H,3,6-8,10H2,1-2H3. The van der Waals surface area contributed by atoms with Gasteiger partial charge in [0.2, 0.25) is 0 Å². The second-order valence-corrected chi connectivity index (χ2v) is 5.11. The Morgan fingerprint density at radius 1 is 1.30 bits per heavy atom. The van der Waals surface area contributed by atoms with E-state index in [1.54, 1.807) is 6.07 Å². The minimum atomic E-state index is -0.185. The van der Waals surface area contributed by atoms with Crippen LogP contribution in [0.15, 0.2) is 30.7 Å². The van der Waals surface area contributed by atoms with Crippen molar-refractivity contribution < 1.29 is 4.39 Å². The number of hydrogen-bond acceptors (Lipinski definition) is 2. The Balaban J connectivity index is 1.93. The van der Waals surface area contributed by atoms with Crippen molar-refractivity contribution in [2.45, 2.75) is 33.2 Å². The van der Waals surface area contributed by atoms with Crippen molar-refractivity contribution in [2.24, 2.45) is 0 Å². The topological polar surface area (TPSA) is 29.9 Å². The van der Waals surface area contributed by atoms with Gasteiger partial charge in [-0.25, -0.2) is 9.37 Å². The Hall–Kier alpha value is -1.68. The molecule has 1 aromatic carbocycles. The van der Waals surface area contributed by atoms with E-state index in [0.717, 1.165) is 42.8 Å². The van der Waals surface area contributed by atoms with Gasteiger partial charge >= 0.3 is 0 Å². The molecule has 1 aromatic heterocycles. The Bertz CT molecular complexity index is 548. The minimum absolute atomic E-state index is 0.185. The largest absolute Gasteiger partial charge is 0.333 e. The third kappa shape index (κ3) is 4.17. The fourth-order valence-electron chi connectivity index (χ4n) is 2.15. The van der Waals surface area contributed by atoms with Crippen LogP contribution in [0.4, 0.5) is 4.39 Å². The van der Waals surface area contributed by atoms with Crippen LogP contribution < -0.4 is 5.32 Å². The van der Waals surface area contributed by atoms with Crippen molar-refractivity contribution in [3.8, 4) is 0 Å². The average molecular weight is 275 g/mol. The molecule has 20 heavy (non-hydrogen) atoms. The van der Waals surface area contributed by atoms with E-state index in [4.69, 9.17) is 0 Å². The Morgan fingerprint density at radius 3 is 2.95 bits per heavy atom. The third-order valence-electron chi connectivity index (χ3n) is 3.34. The highest BCUT2D eigenvalue weighted by atomic mass is 19.1. The lowest BCUT2D eigenvalue weighted by Gasteiger charge is -2.06. The molecular formula is C16H22FN3. The molecule has 0 aliphatic heterocycles. The number of rotatable bonds is 7. The van der Waals surface area contributed by atoms with E-state index in [1.807, 2.05) is 30.1 Å². The Kier molecular flexibility index (Phi) is 5.30. The van der Waals surface area contributed by atoms with Crippen molar-refractivity contribution in [2.75, 3.05) is 13.1 Å². The predicted octanol–water partition coefficient (Wildman–Crippen LogP) is 2.92. The molecule has 0 radical (unpaired) electrons. The van der Waals surface area contributed by atoms with Gasteiger partial charge in [0.1, 0.15) is 5.82 Å². The normalized spacial score (nSPS) is 10.9. The monoisotopic (exact) mass is 275 g/mol. The van der Waals surface area contributed by atoms with Crippen LogP contribution in [0.5, 0.6) is 0 Å². The van der Waals surface area contributed by atoms with Gasteiger partial charge in [0.05, 0.1) is 12.0 Å². The number of halogens is 1. The van der Waals surface area contributed by atoms with Crippen molar-refractivity contribution in [1.29, 1.82) is 0 Å². The maximum Gasteiger partial charge on any atom is 0.123 e. The van der Waals surface area contributed by atoms with Crippen LogP contribution in [0, 0.1) is 12.7 Å². The molecule has 0 fully saturated rings. The molecule has 0 aliphatic carbocycles. The second-order valence-electron chi connectivity index (χ2n) is 5.11. The van der Waals surface area contributed by atoms with E-state index in [9.17, 15) is 4.39 Å². The van der Waals surface area contributed by atoms with Crippen LogP contribution in [0.2, 0.25) is 0 Å². The van der Waals surface area contributed by atoms with Crippen LogP contribution in [0.3, 0.4) is 0 Å². The van der Waals surface area contributed by atoms with Crippen LogP contribution in [-0.2, 0) is 13.0 Å². The summed E-state index contributed by atoms with van der Waals surface area (Å²) in [6.45, 7) is 6.82. The summed E-state index contributed by atoms with van der Waals surface area (Å²) in [5.74, 6) is -0.185. The summed E-state index contributed by atoms with van der Waals surface area (Å²) in [5, 5.41) is 3.36. The molecule has 108 valence electrons. The van der Waals surface area contributed by atoms with E-state index < -0.39 is 0 Å². The summed E-state index contributed by atoms with van der Waals surface area (Å²) in [5.41, 5.74) is 3.17. The van der Waals surface area contributed by atoms with E-state index in [-0.39, 0.29) is 5.82 Å². The van der Waals surface area contributed by atoms with Crippen molar-refractivity contribution >= 4 is 0 Å². The zero-order valence-corrected chi connectivity index (χ0v) is 12.2. The molecule has 4 heteroatoms. The molecule has 0 saturated carbocycles. The molecule has 0 spiro atoms. The van der Waals surface area contributed by atoms with E-state index in [1.165, 1.54) is 6.07 Å². The molecule has 0 saturated heterocycles. The summed E-state index contributed by atoms with van der Waals surface area (Å²) in [6, 6.07) is 4.91. The first-order valence-electron chi connectivity index (χ1n) is 7.15. The molecule has 0 amide bonds. The highest BCUT2D eigenvalue weighted by molar-refractivity contribution is 5.26. The molecule has 0 bridgehead atoms. The SMILES string of the molecule is CCCNCCc1cn(Cc2cc(F)ccc2C)cn1. The van der Waals surface area contributed by atoms with Gasteiger partial charge in [0.15, 0.2) is 0 Å². The minimum Gasteiger partial charge on any atom is -0.333 e. The first-order valence-corrected chi connectivity index (χ1v) is 7.15. The fourth-order valence-corrected chi connectivity index (χ4v) is 2.15. The number of hydrogen-bond donors (Lipinski definition) is 1.